The fraction of sp³-hybridized carbons (Fsp3) is 0.353. The van der Waals surface area contributed by atoms with Crippen LogP contribution in [0.1, 0.15) is 22.4 Å². The molecule has 0 fully saturated rings. The van der Waals surface area contributed by atoms with Crippen molar-refractivity contribution in [1.82, 2.24) is 4.98 Å². The van der Waals surface area contributed by atoms with Gasteiger partial charge in [-0.3, -0.25) is 0 Å². The third kappa shape index (κ3) is 2.54. The highest BCUT2D eigenvalue weighted by Gasteiger charge is 2.17. The number of aromatic nitrogens is 1. The van der Waals surface area contributed by atoms with E-state index in [0.717, 1.165) is 43.0 Å². The maximum Gasteiger partial charge on any atom is 0.133 e. The molecular formula is C17H21N3. The molecule has 3 heteroatoms. The van der Waals surface area contributed by atoms with Gasteiger partial charge in [0.2, 0.25) is 0 Å². The summed E-state index contributed by atoms with van der Waals surface area (Å²) in [7, 11) is 0. The number of benzene rings is 1. The lowest BCUT2D eigenvalue weighted by Gasteiger charge is -2.24. The Labute approximate surface area is 120 Å². The molecule has 20 heavy (non-hydrogen) atoms. The first-order valence-corrected chi connectivity index (χ1v) is 7.26. The van der Waals surface area contributed by atoms with Gasteiger partial charge in [0, 0.05) is 30.9 Å². The maximum atomic E-state index is 5.86. The Balaban J connectivity index is 1.88. The number of fused-ring (bicyclic) bond motifs is 1. The second kappa shape index (κ2) is 5.63. The number of nitrogens with zero attached hydrogens (tertiary/aromatic N) is 2. The van der Waals surface area contributed by atoms with Gasteiger partial charge in [0.1, 0.15) is 5.82 Å². The molecule has 0 bridgehead atoms. The molecule has 2 heterocycles. The van der Waals surface area contributed by atoms with Gasteiger partial charge in [-0.25, -0.2) is 4.98 Å². The van der Waals surface area contributed by atoms with E-state index in [0.29, 0.717) is 6.54 Å². The highest BCUT2D eigenvalue weighted by Crippen LogP contribution is 2.23. The molecule has 3 nitrogen and oxygen atoms in total. The normalized spacial score (nSPS) is 14.8. The molecule has 3 rings (SSSR count). The summed E-state index contributed by atoms with van der Waals surface area (Å²) in [4.78, 5) is 7.10. The fourth-order valence-corrected chi connectivity index (χ4v) is 2.88. The molecule has 0 saturated heterocycles. The third-order valence-electron chi connectivity index (χ3n) is 4.04. The zero-order valence-corrected chi connectivity index (χ0v) is 12.0. The summed E-state index contributed by atoms with van der Waals surface area (Å²) < 4.78 is 0. The van der Waals surface area contributed by atoms with E-state index in [2.05, 4.69) is 35.2 Å². The van der Waals surface area contributed by atoms with Crippen molar-refractivity contribution in [2.45, 2.75) is 26.3 Å². The van der Waals surface area contributed by atoms with Crippen LogP contribution < -0.4 is 10.6 Å². The first-order valence-electron chi connectivity index (χ1n) is 7.26. The Kier molecular flexibility index (Phi) is 3.70. The SMILES string of the molecule is Cc1ccc(CN)c(N2CCc3ccccc3CC2)n1. The fourth-order valence-electron chi connectivity index (χ4n) is 2.88. The van der Waals surface area contributed by atoms with E-state index in [1.54, 1.807) is 0 Å². The lowest BCUT2D eigenvalue weighted by molar-refractivity contribution is 0.778. The maximum absolute atomic E-state index is 5.86. The van der Waals surface area contributed by atoms with Crippen LogP contribution in [0, 0.1) is 6.92 Å². The van der Waals surface area contributed by atoms with Crippen molar-refractivity contribution in [3.63, 3.8) is 0 Å². The van der Waals surface area contributed by atoms with Crippen LogP contribution in [0.25, 0.3) is 0 Å². The van der Waals surface area contributed by atoms with Gasteiger partial charge in [-0.15, -0.1) is 0 Å². The van der Waals surface area contributed by atoms with Crippen molar-refractivity contribution in [3.8, 4) is 0 Å². The number of pyridine rings is 1. The molecule has 0 aliphatic carbocycles. The van der Waals surface area contributed by atoms with E-state index >= 15 is 0 Å². The molecule has 0 unspecified atom stereocenters. The minimum Gasteiger partial charge on any atom is -0.356 e. The van der Waals surface area contributed by atoms with E-state index in [9.17, 15) is 0 Å². The van der Waals surface area contributed by atoms with Crippen LogP contribution in [-0.2, 0) is 19.4 Å². The van der Waals surface area contributed by atoms with Crippen LogP contribution in [-0.4, -0.2) is 18.1 Å². The number of aryl methyl sites for hydroxylation is 1. The second-order valence-electron chi connectivity index (χ2n) is 5.40. The van der Waals surface area contributed by atoms with Crippen LogP contribution in [0.4, 0.5) is 5.82 Å². The smallest absolute Gasteiger partial charge is 0.133 e. The molecular weight excluding hydrogens is 246 g/mol. The van der Waals surface area contributed by atoms with Crippen molar-refractivity contribution in [1.29, 1.82) is 0 Å². The number of hydrogen-bond acceptors (Lipinski definition) is 3. The molecule has 2 aromatic rings. The molecule has 0 saturated carbocycles. The van der Waals surface area contributed by atoms with Gasteiger partial charge in [0.15, 0.2) is 0 Å². The van der Waals surface area contributed by atoms with Gasteiger partial charge < -0.3 is 10.6 Å². The van der Waals surface area contributed by atoms with Gasteiger partial charge in [0.25, 0.3) is 0 Å². The van der Waals surface area contributed by atoms with Crippen LogP contribution >= 0.6 is 0 Å². The van der Waals surface area contributed by atoms with E-state index in [-0.39, 0.29) is 0 Å². The van der Waals surface area contributed by atoms with Gasteiger partial charge >= 0.3 is 0 Å². The summed E-state index contributed by atoms with van der Waals surface area (Å²) in [6.07, 6.45) is 2.16. The minimum atomic E-state index is 0.548. The van der Waals surface area contributed by atoms with Crippen molar-refractivity contribution in [3.05, 3.63) is 58.8 Å². The second-order valence-corrected chi connectivity index (χ2v) is 5.40. The topological polar surface area (TPSA) is 42.1 Å². The monoisotopic (exact) mass is 267 g/mol. The lowest BCUT2D eigenvalue weighted by Crippen LogP contribution is -2.28. The third-order valence-corrected chi connectivity index (χ3v) is 4.04. The van der Waals surface area contributed by atoms with Crippen molar-refractivity contribution >= 4 is 5.82 Å². The zero-order valence-electron chi connectivity index (χ0n) is 12.0. The lowest BCUT2D eigenvalue weighted by atomic mass is 10.0. The number of rotatable bonds is 2. The number of anilines is 1. The average molecular weight is 267 g/mol. The van der Waals surface area contributed by atoms with Crippen LogP contribution in [0.15, 0.2) is 36.4 Å². The molecule has 0 radical (unpaired) electrons. The molecule has 1 aliphatic rings. The van der Waals surface area contributed by atoms with E-state index in [1.807, 2.05) is 13.0 Å². The Bertz CT molecular complexity index is 580. The predicted octanol–water partition coefficient (Wildman–Crippen LogP) is 2.45. The Morgan fingerprint density at radius 2 is 1.70 bits per heavy atom. The van der Waals surface area contributed by atoms with E-state index in [4.69, 9.17) is 10.7 Å². The number of hydrogen-bond donors (Lipinski definition) is 1. The molecule has 0 spiro atoms. The van der Waals surface area contributed by atoms with Gasteiger partial charge in [0.05, 0.1) is 0 Å². The molecule has 1 aromatic carbocycles. The molecule has 2 N–H and O–H groups in total. The number of nitrogens with two attached hydrogens (primary N) is 1. The summed E-state index contributed by atoms with van der Waals surface area (Å²) >= 11 is 0. The van der Waals surface area contributed by atoms with E-state index in [1.165, 1.54) is 11.1 Å². The van der Waals surface area contributed by atoms with Gasteiger partial charge in [-0.2, -0.15) is 0 Å². The summed E-state index contributed by atoms with van der Waals surface area (Å²) in [5.74, 6) is 1.07. The van der Waals surface area contributed by atoms with Crippen LogP contribution in [0.2, 0.25) is 0 Å². The summed E-state index contributed by atoms with van der Waals surface area (Å²) in [6.45, 7) is 4.61. The standard InChI is InChI=1S/C17H21N3/c1-13-6-7-16(12-18)17(19-13)20-10-8-14-4-2-3-5-15(14)9-11-20/h2-7H,8-12,18H2,1H3. The van der Waals surface area contributed by atoms with Crippen molar-refractivity contribution in [2.75, 3.05) is 18.0 Å². The van der Waals surface area contributed by atoms with E-state index < -0.39 is 0 Å². The zero-order chi connectivity index (χ0) is 13.9. The highest BCUT2D eigenvalue weighted by molar-refractivity contribution is 5.49. The first kappa shape index (κ1) is 13.1. The Morgan fingerprint density at radius 1 is 1.05 bits per heavy atom. The van der Waals surface area contributed by atoms with Gasteiger partial charge in [-0.1, -0.05) is 30.3 Å². The van der Waals surface area contributed by atoms with Gasteiger partial charge in [-0.05, 0) is 37.0 Å². The molecule has 0 atom stereocenters. The Morgan fingerprint density at radius 3 is 2.30 bits per heavy atom. The molecule has 0 amide bonds. The largest absolute Gasteiger partial charge is 0.356 e. The first-order chi connectivity index (χ1) is 9.78. The summed E-state index contributed by atoms with van der Waals surface area (Å²) in [5, 5.41) is 0. The summed E-state index contributed by atoms with van der Waals surface area (Å²) in [5.41, 5.74) is 11.0. The van der Waals surface area contributed by atoms with Crippen molar-refractivity contribution < 1.29 is 0 Å². The highest BCUT2D eigenvalue weighted by atomic mass is 15.2. The molecule has 1 aliphatic heterocycles. The minimum absolute atomic E-state index is 0.548. The van der Waals surface area contributed by atoms with Crippen molar-refractivity contribution in [2.24, 2.45) is 5.73 Å². The Hall–Kier alpha value is -1.87. The van der Waals surface area contributed by atoms with Crippen LogP contribution in [0.3, 0.4) is 0 Å². The predicted molar refractivity (Wildman–Crippen MR) is 82.9 cm³/mol. The summed E-state index contributed by atoms with van der Waals surface area (Å²) in [6, 6.07) is 12.9. The molecule has 104 valence electrons. The average Bonchev–Trinajstić information content (AvgIpc) is 2.70. The quantitative estimate of drug-likeness (QED) is 0.909. The van der Waals surface area contributed by atoms with Crippen LogP contribution in [0.5, 0.6) is 0 Å². The molecule has 1 aromatic heterocycles.